The molecule has 0 radical (unpaired) electrons. The molecule has 6 nitrogen and oxygen atoms in total. The highest BCUT2D eigenvalue weighted by Gasteiger charge is 2.26. The van der Waals surface area contributed by atoms with Crippen molar-refractivity contribution in [1.82, 2.24) is 20.1 Å². The van der Waals surface area contributed by atoms with Crippen LogP contribution in [0, 0.1) is 5.82 Å². The molecular weight excluding hydrogens is 287 g/mol. The largest absolute Gasteiger partial charge is 0.367 e. The minimum Gasteiger partial charge on any atom is -0.367 e. The fourth-order valence-corrected chi connectivity index (χ4v) is 2.51. The van der Waals surface area contributed by atoms with E-state index in [-0.39, 0.29) is 24.2 Å². The Morgan fingerprint density at radius 1 is 1.45 bits per heavy atom. The van der Waals surface area contributed by atoms with Crippen molar-refractivity contribution in [1.29, 1.82) is 0 Å². The first-order valence-electron chi connectivity index (χ1n) is 7.22. The van der Waals surface area contributed by atoms with Gasteiger partial charge in [0.15, 0.2) is 5.82 Å². The van der Waals surface area contributed by atoms with Crippen molar-refractivity contribution in [2.75, 3.05) is 19.7 Å². The molecule has 22 heavy (non-hydrogen) atoms. The summed E-state index contributed by atoms with van der Waals surface area (Å²) in [5, 5.41) is 6.55. The summed E-state index contributed by atoms with van der Waals surface area (Å²) in [5.41, 5.74) is 0.566. The quantitative estimate of drug-likeness (QED) is 0.928. The summed E-state index contributed by atoms with van der Waals surface area (Å²) in [5.74, 6) is 0.347. The van der Waals surface area contributed by atoms with Gasteiger partial charge < -0.3 is 9.64 Å². The summed E-state index contributed by atoms with van der Waals surface area (Å²) in [6.07, 6.45) is 1.81. The zero-order chi connectivity index (χ0) is 15.4. The molecule has 1 aromatic carbocycles. The number of hydrogen-bond acceptors (Lipinski definition) is 4. The standard InChI is InChI=1S/C15H17FN4O2/c16-12-4-2-1-3-11(12)5-6-14(21)20-7-8-22-13(9-20)15-17-10-18-19-15/h1-4,10,13H,5-9H2,(H,17,18,19). The Kier molecular flexibility index (Phi) is 4.43. The van der Waals surface area contributed by atoms with Crippen LogP contribution in [0.15, 0.2) is 30.6 Å². The van der Waals surface area contributed by atoms with Crippen LogP contribution in [-0.4, -0.2) is 45.7 Å². The van der Waals surface area contributed by atoms with E-state index in [2.05, 4.69) is 15.2 Å². The minimum absolute atomic E-state index is 0.00364. The van der Waals surface area contributed by atoms with Gasteiger partial charge in [0.05, 0.1) is 13.2 Å². The van der Waals surface area contributed by atoms with Crippen LogP contribution in [0.1, 0.15) is 23.9 Å². The second-order valence-corrected chi connectivity index (χ2v) is 5.16. The molecule has 1 saturated heterocycles. The minimum atomic E-state index is -0.284. The molecule has 1 aliphatic heterocycles. The third-order valence-electron chi connectivity index (χ3n) is 3.72. The molecule has 0 aliphatic carbocycles. The van der Waals surface area contributed by atoms with E-state index in [4.69, 9.17) is 4.74 Å². The molecule has 0 spiro atoms. The molecule has 1 amide bonds. The number of carbonyl (C=O) groups excluding carboxylic acids is 1. The van der Waals surface area contributed by atoms with Crippen LogP contribution in [0.5, 0.6) is 0 Å². The van der Waals surface area contributed by atoms with Gasteiger partial charge in [-0.25, -0.2) is 9.37 Å². The lowest BCUT2D eigenvalue weighted by Crippen LogP contribution is -2.42. The van der Waals surface area contributed by atoms with E-state index in [1.807, 2.05) is 0 Å². The van der Waals surface area contributed by atoms with Crippen molar-refractivity contribution in [3.8, 4) is 0 Å². The predicted octanol–water partition coefficient (Wildman–Crippen LogP) is 1.48. The molecule has 2 heterocycles. The third kappa shape index (κ3) is 3.30. The Morgan fingerprint density at radius 3 is 3.09 bits per heavy atom. The highest BCUT2D eigenvalue weighted by atomic mass is 19.1. The lowest BCUT2D eigenvalue weighted by atomic mass is 10.1. The van der Waals surface area contributed by atoms with Crippen LogP contribution in [0.3, 0.4) is 0 Å². The molecule has 1 unspecified atom stereocenters. The summed E-state index contributed by atoms with van der Waals surface area (Å²) in [6.45, 7) is 1.43. The first-order chi connectivity index (χ1) is 10.7. The topological polar surface area (TPSA) is 71.1 Å². The van der Waals surface area contributed by atoms with Crippen molar-refractivity contribution in [2.45, 2.75) is 18.9 Å². The molecule has 2 aromatic rings. The lowest BCUT2D eigenvalue weighted by molar-refractivity contribution is -0.139. The van der Waals surface area contributed by atoms with Gasteiger partial charge >= 0.3 is 0 Å². The SMILES string of the molecule is O=C(CCc1ccccc1F)N1CCOC(c2ncn[nH]2)C1. The smallest absolute Gasteiger partial charge is 0.223 e. The number of carbonyl (C=O) groups is 1. The van der Waals surface area contributed by atoms with E-state index in [1.165, 1.54) is 12.4 Å². The number of morpholine rings is 1. The first kappa shape index (κ1) is 14.6. The molecule has 1 aromatic heterocycles. The Morgan fingerprint density at radius 2 is 2.32 bits per heavy atom. The first-order valence-corrected chi connectivity index (χ1v) is 7.22. The molecule has 3 rings (SSSR count). The molecule has 1 aliphatic rings. The number of amides is 1. The van der Waals surface area contributed by atoms with E-state index >= 15 is 0 Å². The number of nitrogens with one attached hydrogen (secondary N) is 1. The highest BCUT2D eigenvalue weighted by molar-refractivity contribution is 5.76. The Labute approximate surface area is 127 Å². The maximum Gasteiger partial charge on any atom is 0.223 e. The van der Waals surface area contributed by atoms with Crippen molar-refractivity contribution in [3.05, 3.63) is 47.8 Å². The highest BCUT2D eigenvalue weighted by Crippen LogP contribution is 2.19. The fourth-order valence-electron chi connectivity index (χ4n) is 2.51. The van der Waals surface area contributed by atoms with Crippen LogP contribution in [0.4, 0.5) is 4.39 Å². The molecule has 1 atom stereocenters. The summed E-state index contributed by atoms with van der Waals surface area (Å²) in [7, 11) is 0. The van der Waals surface area contributed by atoms with Crippen LogP contribution in [0.25, 0.3) is 0 Å². The van der Waals surface area contributed by atoms with E-state index in [0.717, 1.165) is 0 Å². The monoisotopic (exact) mass is 304 g/mol. The lowest BCUT2D eigenvalue weighted by Gasteiger charge is -2.32. The molecule has 1 N–H and O–H groups in total. The number of aryl methyl sites for hydroxylation is 1. The van der Waals surface area contributed by atoms with Crippen molar-refractivity contribution < 1.29 is 13.9 Å². The second kappa shape index (κ2) is 6.65. The number of aromatic nitrogens is 3. The van der Waals surface area contributed by atoms with Gasteiger partial charge in [-0.05, 0) is 18.1 Å². The number of ether oxygens (including phenoxy) is 1. The number of halogens is 1. The molecule has 7 heteroatoms. The number of rotatable bonds is 4. The van der Waals surface area contributed by atoms with Crippen LogP contribution >= 0.6 is 0 Å². The zero-order valence-electron chi connectivity index (χ0n) is 12.0. The third-order valence-corrected chi connectivity index (χ3v) is 3.72. The second-order valence-electron chi connectivity index (χ2n) is 5.16. The van der Waals surface area contributed by atoms with Gasteiger partial charge in [0, 0.05) is 13.0 Å². The molecule has 0 saturated carbocycles. The maximum absolute atomic E-state index is 13.6. The van der Waals surface area contributed by atoms with Crippen molar-refractivity contribution in [3.63, 3.8) is 0 Å². The molecular formula is C15H17FN4O2. The Hall–Kier alpha value is -2.28. The van der Waals surface area contributed by atoms with E-state index in [0.29, 0.717) is 37.5 Å². The predicted molar refractivity (Wildman–Crippen MR) is 76.4 cm³/mol. The Balaban J connectivity index is 1.57. The number of nitrogens with zero attached hydrogens (tertiary/aromatic N) is 3. The normalized spacial score (nSPS) is 18.4. The van der Waals surface area contributed by atoms with Gasteiger partial charge in [-0.15, -0.1) is 0 Å². The van der Waals surface area contributed by atoms with Gasteiger partial charge in [-0.3, -0.25) is 9.89 Å². The number of hydrogen-bond donors (Lipinski definition) is 1. The fraction of sp³-hybridized carbons (Fsp3) is 0.400. The number of benzene rings is 1. The Bertz CT molecular complexity index is 632. The maximum atomic E-state index is 13.6. The number of aromatic amines is 1. The van der Waals surface area contributed by atoms with Gasteiger partial charge in [-0.1, -0.05) is 18.2 Å². The zero-order valence-corrected chi connectivity index (χ0v) is 12.0. The van der Waals surface area contributed by atoms with Crippen molar-refractivity contribution in [2.24, 2.45) is 0 Å². The van der Waals surface area contributed by atoms with E-state index in [1.54, 1.807) is 23.1 Å². The van der Waals surface area contributed by atoms with E-state index < -0.39 is 0 Å². The summed E-state index contributed by atoms with van der Waals surface area (Å²) in [4.78, 5) is 18.1. The van der Waals surface area contributed by atoms with E-state index in [9.17, 15) is 9.18 Å². The number of H-pyrrole nitrogens is 1. The summed E-state index contributed by atoms with van der Waals surface area (Å²) < 4.78 is 19.2. The van der Waals surface area contributed by atoms with Gasteiger partial charge in [0.25, 0.3) is 0 Å². The van der Waals surface area contributed by atoms with Gasteiger partial charge in [0.2, 0.25) is 5.91 Å². The summed E-state index contributed by atoms with van der Waals surface area (Å²) >= 11 is 0. The van der Waals surface area contributed by atoms with Crippen LogP contribution < -0.4 is 0 Å². The van der Waals surface area contributed by atoms with Gasteiger partial charge in [0.1, 0.15) is 18.2 Å². The van der Waals surface area contributed by atoms with Crippen LogP contribution in [-0.2, 0) is 16.0 Å². The molecule has 1 fully saturated rings. The van der Waals surface area contributed by atoms with Crippen LogP contribution in [0.2, 0.25) is 0 Å². The average molecular weight is 304 g/mol. The molecule has 0 bridgehead atoms. The van der Waals surface area contributed by atoms with Crippen molar-refractivity contribution >= 4 is 5.91 Å². The van der Waals surface area contributed by atoms with Gasteiger partial charge in [-0.2, -0.15) is 5.10 Å². The summed E-state index contributed by atoms with van der Waals surface area (Å²) in [6, 6.07) is 6.54. The molecule has 116 valence electrons. The average Bonchev–Trinajstić information content (AvgIpc) is 3.08.